The van der Waals surface area contributed by atoms with Gasteiger partial charge in [-0.3, -0.25) is 4.79 Å². The molecule has 0 fully saturated rings. The number of carbonyl (C=O) groups is 1. The molecule has 2 nitrogen and oxygen atoms in total. The summed E-state index contributed by atoms with van der Waals surface area (Å²) in [5.74, 6) is -3.64. The molecule has 0 bridgehead atoms. The first-order valence-corrected chi connectivity index (χ1v) is 8.52. The minimum atomic E-state index is -4.90. The number of rotatable bonds is 3. The molecule has 1 N–H and O–H groups in total. The number of halogens is 8. The van der Waals surface area contributed by atoms with Gasteiger partial charge in [0.05, 0.1) is 16.7 Å². The van der Waals surface area contributed by atoms with Crippen LogP contribution in [0.2, 0.25) is 0 Å². The van der Waals surface area contributed by atoms with E-state index in [-0.39, 0.29) is 11.3 Å². The molecule has 0 aromatic heterocycles. The third-order valence-electron chi connectivity index (χ3n) is 4.30. The number of anilines is 1. The van der Waals surface area contributed by atoms with E-state index >= 15 is 0 Å². The van der Waals surface area contributed by atoms with Crippen molar-refractivity contribution in [2.24, 2.45) is 0 Å². The maximum absolute atomic E-state index is 13.7. The third kappa shape index (κ3) is 4.84. The number of amides is 1. The average Bonchev–Trinajstić information content (AvgIpc) is 2.69. The summed E-state index contributed by atoms with van der Waals surface area (Å²) in [5.41, 5.74) is -3.99. The lowest BCUT2D eigenvalue weighted by Crippen LogP contribution is -2.14. The van der Waals surface area contributed by atoms with Crippen LogP contribution in [0, 0.1) is 11.6 Å². The number of nitrogens with one attached hydrogen (secondary N) is 1. The normalized spacial score (nSPS) is 12.0. The zero-order chi connectivity index (χ0) is 23.0. The Morgan fingerprint density at radius 1 is 0.774 bits per heavy atom. The van der Waals surface area contributed by atoms with Crippen molar-refractivity contribution in [2.75, 3.05) is 5.32 Å². The molecule has 31 heavy (non-hydrogen) atoms. The Balaban J connectivity index is 1.94. The zero-order valence-corrected chi connectivity index (χ0v) is 15.2. The van der Waals surface area contributed by atoms with Gasteiger partial charge in [-0.2, -0.15) is 26.3 Å². The Bertz CT molecular complexity index is 1120. The molecule has 0 aliphatic rings. The molecule has 0 saturated heterocycles. The molecule has 0 saturated carbocycles. The predicted molar refractivity (Wildman–Crippen MR) is 96.2 cm³/mol. The van der Waals surface area contributed by atoms with Crippen molar-refractivity contribution in [1.29, 1.82) is 0 Å². The topological polar surface area (TPSA) is 29.1 Å². The fourth-order valence-electron chi connectivity index (χ4n) is 2.82. The minimum absolute atomic E-state index is 0.0120. The summed E-state index contributed by atoms with van der Waals surface area (Å²) in [6, 6.07) is 8.44. The standard InChI is InChI=1S/C21H11F8NO/c22-17-3-1-2-14(18(17)23)19(31)30-13-7-4-11(5-8-13)15-10-12(20(24,25)26)6-9-16(15)21(27,28)29/h1-10H,(H,30,31). The van der Waals surface area contributed by atoms with Gasteiger partial charge in [-0.15, -0.1) is 0 Å². The fraction of sp³-hybridized carbons (Fsp3) is 0.0952. The van der Waals surface area contributed by atoms with Crippen molar-refractivity contribution >= 4 is 11.6 Å². The highest BCUT2D eigenvalue weighted by Crippen LogP contribution is 2.40. The van der Waals surface area contributed by atoms with Crippen LogP contribution in [0.1, 0.15) is 21.5 Å². The van der Waals surface area contributed by atoms with E-state index in [1.54, 1.807) is 0 Å². The van der Waals surface area contributed by atoms with E-state index in [0.29, 0.717) is 18.2 Å². The molecule has 0 atom stereocenters. The molecule has 3 rings (SSSR count). The molecule has 0 unspecified atom stereocenters. The van der Waals surface area contributed by atoms with Gasteiger partial charge in [0.15, 0.2) is 11.6 Å². The van der Waals surface area contributed by atoms with Crippen molar-refractivity contribution in [1.82, 2.24) is 0 Å². The molecule has 3 aromatic carbocycles. The van der Waals surface area contributed by atoms with Crippen molar-refractivity contribution < 1.29 is 39.9 Å². The first kappa shape index (κ1) is 22.3. The van der Waals surface area contributed by atoms with Crippen LogP contribution in [0.15, 0.2) is 60.7 Å². The molecule has 0 spiro atoms. The number of alkyl halides is 6. The maximum atomic E-state index is 13.7. The summed E-state index contributed by atoms with van der Waals surface area (Å²) in [6.45, 7) is 0. The van der Waals surface area contributed by atoms with Gasteiger partial charge in [0.25, 0.3) is 5.91 Å². The van der Waals surface area contributed by atoms with Gasteiger partial charge < -0.3 is 5.32 Å². The summed E-state index contributed by atoms with van der Waals surface area (Å²) >= 11 is 0. The van der Waals surface area contributed by atoms with Crippen molar-refractivity contribution in [3.8, 4) is 11.1 Å². The van der Waals surface area contributed by atoms with Gasteiger partial charge in [-0.25, -0.2) is 8.78 Å². The van der Waals surface area contributed by atoms with Crippen molar-refractivity contribution in [3.63, 3.8) is 0 Å². The monoisotopic (exact) mass is 445 g/mol. The number of hydrogen-bond donors (Lipinski definition) is 1. The number of hydrogen-bond acceptors (Lipinski definition) is 1. The lowest BCUT2D eigenvalue weighted by atomic mass is 9.96. The molecule has 0 aliphatic carbocycles. The van der Waals surface area contributed by atoms with Crippen molar-refractivity contribution in [3.05, 3.63) is 89.0 Å². The Morgan fingerprint density at radius 2 is 1.42 bits per heavy atom. The first-order chi connectivity index (χ1) is 14.4. The molecule has 0 radical (unpaired) electrons. The van der Waals surface area contributed by atoms with Crippen LogP contribution in [-0.2, 0) is 12.4 Å². The molecule has 3 aromatic rings. The zero-order valence-electron chi connectivity index (χ0n) is 15.2. The molecule has 162 valence electrons. The second-order valence-electron chi connectivity index (χ2n) is 6.39. The third-order valence-corrected chi connectivity index (χ3v) is 4.30. The summed E-state index contributed by atoms with van der Waals surface area (Å²) < 4.78 is 106. The van der Waals surface area contributed by atoms with Crippen LogP contribution in [0.5, 0.6) is 0 Å². The predicted octanol–water partition coefficient (Wildman–Crippen LogP) is 6.92. The molecular weight excluding hydrogens is 434 g/mol. The van der Waals surface area contributed by atoms with Crippen LogP contribution in [0.3, 0.4) is 0 Å². The van der Waals surface area contributed by atoms with Crippen LogP contribution in [0.25, 0.3) is 11.1 Å². The summed E-state index contributed by atoms with van der Waals surface area (Å²) in [7, 11) is 0. The van der Waals surface area contributed by atoms with Crippen LogP contribution >= 0.6 is 0 Å². The Labute approximate surface area is 170 Å². The maximum Gasteiger partial charge on any atom is 0.417 e. The van der Waals surface area contributed by atoms with Crippen LogP contribution in [0.4, 0.5) is 40.8 Å². The van der Waals surface area contributed by atoms with Gasteiger partial charge in [-0.05, 0) is 53.6 Å². The highest BCUT2D eigenvalue weighted by Gasteiger charge is 2.37. The SMILES string of the molecule is O=C(Nc1ccc(-c2cc(C(F)(F)F)ccc2C(F)(F)F)cc1)c1cccc(F)c1F. The summed E-state index contributed by atoms with van der Waals surface area (Å²) in [4.78, 5) is 12.1. The van der Waals surface area contributed by atoms with Crippen LogP contribution in [-0.4, -0.2) is 5.91 Å². The van der Waals surface area contributed by atoms with Gasteiger partial charge in [0.1, 0.15) is 0 Å². The molecule has 0 heterocycles. The highest BCUT2D eigenvalue weighted by atomic mass is 19.4. The number of benzene rings is 3. The lowest BCUT2D eigenvalue weighted by molar-refractivity contribution is -0.141. The summed E-state index contributed by atoms with van der Waals surface area (Å²) in [6.07, 6.45) is -9.75. The minimum Gasteiger partial charge on any atom is -0.322 e. The largest absolute Gasteiger partial charge is 0.417 e. The fourth-order valence-corrected chi connectivity index (χ4v) is 2.82. The molecule has 0 aliphatic heterocycles. The Hall–Kier alpha value is -3.43. The quantitative estimate of drug-likeness (QED) is 0.436. The van der Waals surface area contributed by atoms with E-state index in [2.05, 4.69) is 5.32 Å². The highest BCUT2D eigenvalue weighted by molar-refractivity contribution is 6.04. The molecule has 1 amide bonds. The van der Waals surface area contributed by atoms with Crippen molar-refractivity contribution in [2.45, 2.75) is 12.4 Å². The smallest absolute Gasteiger partial charge is 0.322 e. The van der Waals surface area contributed by atoms with Crippen LogP contribution < -0.4 is 5.32 Å². The van der Waals surface area contributed by atoms with Gasteiger partial charge in [-0.1, -0.05) is 18.2 Å². The Morgan fingerprint density at radius 3 is 2.00 bits per heavy atom. The molecular formula is C21H11F8NO. The number of carbonyl (C=O) groups excluding carboxylic acids is 1. The average molecular weight is 445 g/mol. The van der Waals surface area contributed by atoms with E-state index in [1.165, 1.54) is 0 Å². The van der Waals surface area contributed by atoms with Gasteiger partial charge >= 0.3 is 12.4 Å². The van der Waals surface area contributed by atoms with Gasteiger partial charge in [0, 0.05) is 5.69 Å². The second kappa shape index (κ2) is 8.01. The first-order valence-electron chi connectivity index (χ1n) is 8.52. The Kier molecular flexibility index (Phi) is 5.75. The second-order valence-corrected chi connectivity index (χ2v) is 6.39. The van der Waals surface area contributed by atoms with E-state index in [4.69, 9.17) is 0 Å². The van der Waals surface area contributed by atoms with E-state index in [0.717, 1.165) is 42.5 Å². The summed E-state index contributed by atoms with van der Waals surface area (Å²) in [5, 5.41) is 2.24. The lowest BCUT2D eigenvalue weighted by Gasteiger charge is -2.16. The van der Waals surface area contributed by atoms with Gasteiger partial charge in [0.2, 0.25) is 0 Å². The molecule has 10 heteroatoms. The van der Waals surface area contributed by atoms with E-state index in [9.17, 15) is 39.9 Å². The van der Waals surface area contributed by atoms with E-state index < -0.39 is 52.1 Å². The van der Waals surface area contributed by atoms with E-state index in [1.807, 2.05) is 0 Å².